The highest BCUT2D eigenvalue weighted by Gasteiger charge is 2.11. The van der Waals surface area contributed by atoms with Crippen LogP contribution in [0.25, 0.3) is 0 Å². The number of rotatable bonds is 10. The molecule has 0 aromatic carbocycles. The van der Waals surface area contributed by atoms with Crippen LogP contribution in [0, 0.1) is 0 Å². The summed E-state index contributed by atoms with van der Waals surface area (Å²) in [6, 6.07) is 1.76. The van der Waals surface area contributed by atoms with Gasteiger partial charge in [-0.05, 0) is 67.1 Å². The molecule has 6 heteroatoms. The van der Waals surface area contributed by atoms with Gasteiger partial charge in [0.2, 0.25) is 0 Å². The van der Waals surface area contributed by atoms with E-state index in [1.54, 1.807) is 17.8 Å². The monoisotopic (exact) mass is 426 g/mol. The third-order valence-corrected chi connectivity index (χ3v) is 6.58. The molecule has 1 heterocycles. The fourth-order valence-electron chi connectivity index (χ4n) is 2.73. The maximum atomic E-state index is 13.1. The topological polar surface area (TPSA) is 26.3 Å². The smallest absolute Gasteiger partial charge is 0.262 e. The average molecular weight is 427 g/mol. The number of thioether (sulfide) groups is 1. The van der Waals surface area contributed by atoms with Gasteiger partial charge in [-0.1, -0.05) is 24.3 Å². The van der Waals surface area contributed by atoms with E-state index in [9.17, 15) is 9.18 Å². The van der Waals surface area contributed by atoms with E-state index >= 15 is 0 Å². The lowest BCUT2D eigenvalue weighted by Crippen LogP contribution is -2.03. The first-order valence-corrected chi connectivity index (χ1v) is 11.3. The fourth-order valence-corrected chi connectivity index (χ4v) is 4.35. The summed E-state index contributed by atoms with van der Waals surface area (Å²) in [6.45, 7) is 3.77. The molecule has 1 aromatic heterocycles. The Balaban J connectivity index is 1.92. The average Bonchev–Trinajstić information content (AvgIpc) is 3.08. The van der Waals surface area contributed by atoms with Gasteiger partial charge in [0.1, 0.15) is 12.4 Å². The summed E-state index contributed by atoms with van der Waals surface area (Å²) < 4.78 is 18.9. The molecule has 0 saturated carbocycles. The van der Waals surface area contributed by atoms with Crippen LogP contribution in [-0.2, 0) is 11.3 Å². The van der Waals surface area contributed by atoms with Gasteiger partial charge >= 0.3 is 0 Å². The minimum atomic E-state index is -0.441. The number of hydrogen-bond donors (Lipinski definition) is 0. The molecule has 0 aliphatic heterocycles. The van der Waals surface area contributed by atoms with Crippen molar-refractivity contribution in [3.63, 3.8) is 0 Å². The summed E-state index contributed by atoms with van der Waals surface area (Å²) in [6.07, 6.45) is 14.5. The normalized spacial score (nSPS) is 19.2. The van der Waals surface area contributed by atoms with Crippen LogP contribution in [0.2, 0.25) is 0 Å². The lowest BCUT2D eigenvalue weighted by Gasteiger charge is -2.15. The van der Waals surface area contributed by atoms with Crippen LogP contribution in [-0.4, -0.2) is 16.7 Å². The molecule has 0 amide bonds. The van der Waals surface area contributed by atoms with Crippen molar-refractivity contribution in [2.75, 3.05) is 6.26 Å². The number of allylic oxidation sites excluding steroid dienone is 6. The molecule has 1 unspecified atom stereocenters. The van der Waals surface area contributed by atoms with E-state index in [-0.39, 0.29) is 11.1 Å². The molecule has 1 aliphatic rings. The van der Waals surface area contributed by atoms with Crippen molar-refractivity contribution in [1.82, 2.24) is 0 Å². The molecular formula is C21H24ClFO2S2. The van der Waals surface area contributed by atoms with Crippen molar-refractivity contribution >= 4 is 39.9 Å². The van der Waals surface area contributed by atoms with Gasteiger partial charge in [-0.2, -0.15) is 11.8 Å². The van der Waals surface area contributed by atoms with Crippen molar-refractivity contribution in [1.29, 1.82) is 0 Å². The Bertz CT molecular complexity index is 749. The summed E-state index contributed by atoms with van der Waals surface area (Å²) >= 11 is 8.50. The van der Waals surface area contributed by atoms with Gasteiger partial charge in [0.25, 0.3) is 5.24 Å². The minimum Gasteiger partial charge on any atom is -0.489 e. The van der Waals surface area contributed by atoms with E-state index in [2.05, 4.69) is 18.7 Å². The van der Waals surface area contributed by atoms with Gasteiger partial charge in [-0.25, -0.2) is 4.39 Å². The van der Waals surface area contributed by atoms with Crippen LogP contribution in [0.3, 0.4) is 0 Å². The Labute approximate surface area is 173 Å². The second-order valence-corrected chi connectivity index (χ2v) is 8.73. The van der Waals surface area contributed by atoms with Gasteiger partial charge in [-0.15, -0.1) is 11.3 Å². The molecule has 0 radical (unpaired) electrons. The SMILES string of the molecule is C=C(F)CC(CC/C1=C/C=C(/OCc2csc(C(=O)Cl)c2)C=CCC1)SC. The highest BCUT2D eigenvalue weighted by Crippen LogP contribution is 2.26. The number of halogens is 2. The molecule has 1 atom stereocenters. The molecule has 27 heavy (non-hydrogen) atoms. The number of thiophene rings is 1. The predicted octanol–water partition coefficient (Wildman–Crippen LogP) is 7.19. The standard InChI is InChI=1S/C21H24ClFO2S2/c1-15(23)11-19(26-2)10-8-16-5-3-4-6-18(9-7-16)25-13-17-12-20(21(22)24)27-14-17/h4,6-7,9,12,14,19H,1,3,5,8,10-11,13H2,2H3/b6-4?,16-7+,18-9+. The summed E-state index contributed by atoms with van der Waals surface area (Å²) in [5.74, 6) is 0.544. The second kappa shape index (κ2) is 11.5. The quantitative estimate of drug-likeness (QED) is 0.370. The first-order chi connectivity index (χ1) is 13.0. The molecule has 0 saturated heterocycles. The lowest BCUT2D eigenvalue weighted by atomic mass is 10.0. The van der Waals surface area contributed by atoms with Crippen LogP contribution in [0.15, 0.2) is 59.5 Å². The molecule has 0 fully saturated rings. The van der Waals surface area contributed by atoms with E-state index in [1.165, 1.54) is 16.9 Å². The van der Waals surface area contributed by atoms with E-state index in [1.807, 2.05) is 23.8 Å². The molecular weight excluding hydrogens is 403 g/mol. The first-order valence-electron chi connectivity index (χ1n) is 8.80. The van der Waals surface area contributed by atoms with Crippen molar-refractivity contribution in [3.05, 3.63) is 69.9 Å². The second-order valence-electron chi connectivity index (χ2n) is 6.33. The predicted molar refractivity (Wildman–Crippen MR) is 115 cm³/mol. The van der Waals surface area contributed by atoms with E-state index in [0.717, 1.165) is 37.0 Å². The van der Waals surface area contributed by atoms with E-state index in [0.29, 0.717) is 17.9 Å². The van der Waals surface area contributed by atoms with Crippen molar-refractivity contribution in [2.24, 2.45) is 0 Å². The molecule has 0 spiro atoms. The Morgan fingerprint density at radius 1 is 1.48 bits per heavy atom. The number of hydrogen-bond acceptors (Lipinski definition) is 4. The van der Waals surface area contributed by atoms with E-state index in [4.69, 9.17) is 16.3 Å². The zero-order valence-corrected chi connectivity index (χ0v) is 17.8. The lowest BCUT2D eigenvalue weighted by molar-refractivity contribution is 0.108. The maximum absolute atomic E-state index is 13.1. The molecule has 0 bridgehead atoms. The van der Waals surface area contributed by atoms with Gasteiger partial charge in [0.05, 0.1) is 10.7 Å². The summed E-state index contributed by atoms with van der Waals surface area (Å²) in [4.78, 5) is 11.7. The van der Waals surface area contributed by atoms with Gasteiger partial charge in [0, 0.05) is 17.2 Å². The van der Waals surface area contributed by atoms with Gasteiger partial charge in [-0.3, -0.25) is 4.79 Å². The molecule has 1 aromatic rings. The van der Waals surface area contributed by atoms with Crippen LogP contribution in [0.4, 0.5) is 4.39 Å². The van der Waals surface area contributed by atoms with Gasteiger partial charge in [0.15, 0.2) is 0 Å². The van der Waals surface area contributed by atoms with Crippen LogP contribution in [0.1, 0.15) is 47.3 Å². The zero-order valence-electron chi connectivity index (χ0n) is 15.4. The minimum absolute atomic E-state index is 0.244. The fraction of sp³-hybridized carbons (Fsp3) is 0.381. The molecule has 2 nitrogen and oxygen atoms in total. The largest absolute Gasteiger partial charge is 0.489 e. The highest BCUT2D eigenvalue weighted by molar-refractivity contribution is 7.99. The number of carbonyl (C=O) groups excluding carboxylic acids is 1. The Hall–Kier alpha value is -1.30. The Kier molecular flexibility index (Phi) is 9.39. The summed E-state index contributed by atoms with van der Waals surface area (Å²) in [7, 11) is 0. The first kappa shape index (κ1) is 22.0. The molecule has 1 aliphatic carbocycles. The van der Waals surface area contributed by atoms with E-state index < -0.39 is 5.24 Å². The Morgan fingerprint density at radius 3 is 2.96 bits per heavy atom. The number of ether oxygens (including phenoxy) is 1. The van der Waals surface area contributed by atoms with Crippen molar-refractivity contribution in [2.45, 2.75) is 44.0 Å². The highest BCUT2D eigenvalue weighted by atomic mass is 35.5. The molecule has 146 valence electrons. The molecule has 0 N–H and O–H groups in total. The van der Waals surface area contributed by atoms with Crippen LogP contribution in [0.5, 0.6) is 0 Å². The third kappa shape index (κ3) is 8.08. The summed E-state index contributed by atoms with van der Waals surface area (Å²) in [5, 5.41) is 1.70. The Morgan fingerprint density at radius 2 is 2.30 bits per heavy atom. The maximum Gasteiger partial charge on any atom is 0.262 e. The van der Waals surface area contributed by atoms with Crippen LogP contribution < -0.4 is 0 Å². The summed E-state index contributed by atoms with van der Waals surface area (Å²) in [5.41, 5.74) is 2.27. The molecule has 2 rings (SSSR count). The van der Waals surface area contributed by atoms with Crippen molar-refractivity contribution < 1.29 is 13.9 Å². The third-order valence-electron chi connectivity index (χ3n) is 4.22. The van der Waals surface area contributed by atoms with Gasteiger partial charge < -0.3 is 4.74 Å². The van der Waals surface area contributed by atoms with Crippen LogP contribution >= 0.6 is 34.7 Å². The zero-order chi connectivity index (χ0) is 19.6. The number of carbonyl (C=O) groups is 1. The van der Waals surface area contributed by atoms with Crippen molar-refractivity contribution in [3.8, 4) is 0 Å².